The first-order chi connectivity index (χ1) is 9.38. The second-order valence-corrected chi connectivity index (χ2v) is 5.29. The Bertz CT molecular complexity index is 663. The van der Waals surface area contributed by atoms with Gasteiger partial charge in [-0.15, -0.1) is 11.3 Å². The summed E-state index contributed by atoms with van der Waals surface area (Å²) in [5.41, 5.74) is 2.29. The first-order valence-electron chi connectivity index (χ1n) is 6.38. The van der Waals surface area contributed by atoms with E-state index in [0.29, 0.717) is 0 Å². The standard InChI is InChI=1S/C15H15N3S/c1-2-12(11-6-4-3-5-7-11)18-15-14-13(8-9-19-14)16-10-17-15/h3-10,12H,2H2,1H3,(H,16,17,18). The van der Waals surface area contributed by atoms with Gasteiger partial charge in [-0.05, 0) is 23.4 Å². The van der Waals surface area contributed by atoms with Gasteiger partial charge in [0.15, 0.2) is 0 Å². The number of rotatable bonds is 4. The smallest absolute Gasteiger partial charge is 0.147 e. The molecule has 0 aliphatic rings. The zero-order valence-corrected chi connectivity index (χ0v) is 11.5. The lowest BCUT2D eigenvalue weighted by Crippen LogP contribution is -2.10. The topological polar surface area (TPSA) is 37.8 Å². The van der Waals surface area contributed by atoms with Crippen molar-refractivity contribution in [2.24, 2.45) is 0 Å². The van der Waals surface area contributed by atoms with Crippen molar-refractivity contribution in [3.8, 4) is 0 Å². The molecule has 3 nitrogen and oxygen atoms in total. The van der Waals surface area contributed by atoms with Crippen LogP contribution in [-0.4, -0.2) is 9.97 Å². The van der Waals surface area contributed by atoms with Crippen LogP contribution in [0.2, 0.25) is 0 Å². The summed E-state index contributed by atoms with van der Waals surface area (Å²) in [4.78, 5) is 8.65. The van der Waals surface area contributed by atoms with E-state index in [1.807, 2.05) is 17.5 Å². The van der Waals surface area contributed by atoms with Crippen LogP contribution in [0, 0.1) is 0 Å². The molecule has 1 atom stereocenters. The molecule has 2 aromatic heterocycles. The van der Waals surface area contributed by atoms with Crippen molar-refractivity contribution < 1.29 is 0 Å². The van der Waals surface area contributed by atoms with E-state index in [0.717, 1.165) is 22.5 Å². The molecule has 0 aliphatic heterocycles. The van der Waals surface area contributed by atoms with Crippen LogP contribution in [0.3, 0.4) is 0 Å². The minimum Gasteiger partial charge on any atom is -0.362 e. The highest BCUT2D eigenvalue weighted by Gasteiger charge is 2.12. The highest BCUT2D eigenvalue weighted by molar-refractivity contribution is 7.17. The van der Waals surface area contributed by atoms with Gasteiger partial charge >= 0.3 is 0 Å². The molecule has 0 amide bonds. The van der Waals surface area contributed by atoms with E-state index in [9.17, 15) is 0 Å². The molecule has 96 valence electrons. The molecular weight excluding hydrogens is 254 g/mol. The van der Waals surface area contributed by atoms with Gasteiger partial charge < -0.3 is 5.32 Å². The number of hydrogen-bond donors (Lipinski definition) is 1. The van der Waals surface area contributed by atoms with E-state index in [2.05, 4.69) is 46.5 Å². The fraction of sp³-hybridized carbons (Fsp3) is 0.200. The van der Waals surface area contributed by atoms with Crippen molar-refractivity contribution >= 4 is 27.4 Å². The number of nitrogens with one attached hydrogen (secondary N) is 1. The highest BCUT2D eigenvalue weighted by atomic mass is 32.1. The quantitative estimate of drug-likeness (QED) is 0.769. The van der Waals surface area contributed by atoms with Gasteiger partial charge in [-0.2, -0.15) is 0 Å². The van der Waals surface area contributed by atoms with Gasteiger partial charge in [0.1, 0.15) is 12.1 Å². The zero-order chi connectivity index (χ0) is 13.1. The second kappa shape index (κ2) is 5.36. The minimum atomic E-state index is 0.279. The monoisotopic (exact) mass is 269 g/mol. The molecule has 0 saturated carbocycles. The molecular formula is C15H15N3S. The van der Waals surface area contributed by atoms with Gasteiger partial charge in [0.05, 0.1) is 16.3 Å². The molecule has 0 fully saturated rings. The Kier molecular flexibility index (Phi) is 3.42. The van der Waals surface area contributed by atoms with Crippen LogP contribution in [0.15, 0.2) is 48.1 Å². The van der Waals surface area contributed by atoms with Crippen molar-refractivity contribution in [1.82, 2.24) is 9.97 Å². The number of nitrogens with zero attached hydrogens (tertiary/aromatic N) is 2. The summed E-state index contributed by atoms with van der Waals surface area (Å²) in [7, 11) is 0. The molecule has 19 heavy (non-hydrogen) atoms. The minimum absolute atomic E-state index is 0.279. The second-order valence-electron chi connectivity index (χ2n) is 4.37. The molecule has 0 radical (unpaired) electrons. The molecule has 1 N–H and O–H groups in total. The SMILES string of the molecule is CCC(Nc1ncnc2ccsc12)c1ccccc1. The van der Waals surface area contributed by atoms with E-state index < -0.39 is 0 Å². The maximum Gasteiger partial charge on any atom is 0.147 e. The fourth-order valence-corrected chi connectivity index (χ4v) is 2.96. The lowest BCUT2D eigenvalue weighted by molar-refractivity contribution is 0.746. The van der Waals surface area contributed by atoms with Crippen molar-refractivity contribution in [1.29, 1.82) is 0 Å². The van der Waals surface area contributed by atoms with Gasteiger partial charge in [-0.25, -0.2) is 9.97 Å². The van der Waals surface area contributed by atoms with Crippen LogP contribution in [0.25, 0.3) is 10.2 Å². The predicted molar refractivity (Wildman–Crippen MR) is 80.5 cm³/mol. The third-order valence-electron chi connectivity index (χ3n) is 3.16. The predicted octanol–water partition coefficient (Wildman–Crippen LogP) is 4.25. The first kappa shape index (κ1) is 12.1. The average molecular weight is 269 g/mol. The average Bonchev–Trinajstić information content (AvgIpc) is 2.95. The van der Waals surface area contributed by atoms with E-state index >= 15 is 0 Å². The van der Waals surface area contributed by atoms with Crippen LogP contribution >= 0.6 is 11.3 Å². The number of aromatic nitrogens is 2. The molecule has 0 bridgehead atoms. The third kappa shape index (κ3) is 2.44. The Hall–Kier alpha value is -1.94. The van der Waals surface area contributed by atoms with Gasteiger partial charge in [-0.1, -0.05) is 37.3 Å². The summed E-state index contributed by atoms with van der Waals surface area (Å²) >= 11 is 1.67. The summed E-state index contributed by atoms with van der Waals surface area (Å²) in [6.07, 6.45) is 2.63. The van der Waals surface area contributed by atoms with Crippen molar-refractivity contribution in [2.45, 2.75) is 19.4 Å². The molecule has 0 aliphatic carbocycles. The Morgan fingerprint density at radius 3 is 2.79 bits per heavy atom. The summed E-state index contributed by atoms with van der Waals surface area (Å²) in [5, 5.41) is 5.58. The van der Waals surface area contributed by atoms with Crippen LogP contribution in [0.1, 0.15) is 24.9 Å². The lowest BCUT2D eigenvalue weighted by Gasteiger charge is -2.18. The van der Waals surface area contributed by atoms with E-state index in [1.165, 1.54) is 5.56 Å². The number of thiophene rings is 1. The lowest BCUT2D eigenvalue weighted by atomic mass is 10.0. The largest absolute Gasteiger partial charge is 0.362 e. The molecule has 1 unspecified atom stereocenters. The Morgan fingerprint density at radius 2 is 2.00 bits per heavy atom. The number of anilines is 1. The molecule has 3 rings (SSSR count). The summed E-state index contributed by atoms with van der Waals surface area (Å²) in [6, 6.07) is 12.8. The highest BCUT2D eigenvalue weighted by Crippen LogP contribution is 2.29. The van der Waals surface area contributed by atoms with E-state index in [-0.39, 0.29) is 6.04 Å². The summed E-state index contributed by atoms with van der Waals surface area (Å²) in [5.74, 6) is 0.927. The number of benzene rings is 1. The van der Waals surface area contributed by atoms with Crippen LogP contribution in [-0.2, 0) is 0 Å². The molecule has 0 spiro atoms. The normalized spacial score (nSPS) is 12.5. The van der Waals surface area contributed by atoms with Gasteiger partial charge in [0.25, 0.3) is 0 Å². The summed E-state index contributed by atoms with van der Waals surface area (Å²) in [6.45, 7) is 2.18. The van der Waals surface area contributed by atoms with Crippen LogP contribution in [0.4, 0.5) is 5.82 Å². The van der Waals surface area contributed by atoms with Crippen LogP contribution in [0.5, 0.6) is 0 Å². The third-order valence-corrected chi connectivity index (χ3v) is 4.07. The molecule has 1 aromatic carbocycles. The van der Waals surface area contributed by atoms with Gasteiger partial charge in [0, 0.05) is 0 Å². The molecule has 2 heterocycles. The van der Waals surface area contributed by atoms with E-state index in [1.54, 1.807) is 17.7 Å². The summed E-state index contributed by atoms with van der Waals surface area (Å²) < 4.78 is 1.12. The van der Waals surface area contributed by atoms with E-state index in [4.69, 9.17) is 0 Å². The Labute approximate surface area is 116 Å². The maximum atomic E-state index is 4.38. The zero-order valence-electron chi connectivity index (χ0n) is 10.7. The number of hydrogen-bond acceptors (Lipinski definition) is 4. The van der Waals surface area contributed by atoms with Crippen molar-refractivity contribution in [2.75, 3.05) is 5.32 Å². The maximum absolute atomic E-state index is 4.38. The first-order valence-corrected chi connectivity index (χ1v) is 7.26. The molecule has 3 aromatic rings. The fourth-order valence-electron chi connectivity index (χ4n) is 2.16. The van der Waals surface area contributed by atoms with Gasteiger partial charge in [-0.3, -0.25) is 0 Å². The Morgan fingerprint density at radius 1 is 1.16 bits per heavy atom. The molecule has 4 heteroatoms. The van der Waals surface area contributed by atoms with Gasteiger partial charge in [0.2, 0.25) is 0 Å². The van der Waals surface area contributed by atoms with Crippen molar-refractivity contribution in [3.63, 3.8) is 0 Å². The Balaban J connectivity index is 1.93. The molecule has 0 saturated heterocycles. The van der Waals surface area contributed by atoms with Crippen LogP contribution < -0.4 is 5.32 Å². The number of fused-ring (bicyclic) bond motifs is 1. The van der Waals surface area contributed by atoms with Crippen molar-refractivity contribution in [3.05, 3.63) is 53.7 Å².